The summed E-state index contributed by atoms with van der Waals surface area (Å²) in [6.45, 7) is 1.82. The Hall–Kier alpha value is -0.460. The summed E-state index contributed by atoms with van der Waals surface area (Å²) < 4.78 is 20.7. The van der Waals surface area contributed by atoms with E-state index in [4.69, 9.17) is 4.55 Å². The zero-order chi connectivity index (χ0) is 7.56. The maximum atomic E-state index is 10.1. The molecule has 0 aliphatic rings. The van der Waals surface area contributed by atoms with E-state index in [9.17, 15) is 4.21 Å². The zero-order valence-corrected chi connectivity index (χ0v) is 6.83. The number of thiazole rings is 1. The molecule has 0 saturated heterocycles. The fraction of sp³-hybridized carbons (Fsp3) is 0.250. The fourth-order valence-electron chi connectivity index (χ4n) is 0.476. The molecule has 1 aromatic rings. The normalized spacial score (nSPS) is 13.0. The Balaban J connectivity index is 2.67. The van der Waals surface area contributed by atoms with Gasteiger partial charge in [-0.25, -0.2) is 9.19 Å². The first-order chi connectivity index (χ1) is 4.68. The highest BCUT2D eigenvalue weighted by Crippen LogP contribution is 2.13. The van der Waals surface area contributed by atoms with Crippen LogP contribution < -0.4 is 4.72 Å². The van der Waals surface area contributed by atoms with E-state index in [1.54, 1.807) is 5.38 Å². The van der Waals surface area contributed by atoms with Gasteiger partial charge in [-0.2, -0.15) is 0 Å². The minimum absolute atomic E-state index is 0.471. The van der Waals surface area contributed by atoms with Crippen LogP contribution in [0.5, 0.6) is 0 Å². The molecular weight excluding hydrogens is 172 g/mol. The Labute approximate surface area is 64.7 Å². The molecule has 1 aromatic heterocycles. The Morgan fingerprint density at radius 1 is 1.90 bits per heavy atom. The van der Waals surface area contributed by atoms with E-state index in [1.165, 1.54) is 11.3 Å². The summed E-state index contributed by atoms with van der Waals surface area (Å²) in [4.78, 5) is 3.91. The van der Waals surface area contributed by atoms with Crippen LogP contribution in [0.15, 0.2) is 5.38 Å². The lowest BCUT2D eigenvalue weighted by atomic mass is 10.6. The van der Waals surface area contributed by atoms with Gasteiger partial charge in [0.15, 0.2) is 5.13 Å². The molecule has 1 unspecified atom stereocenters. The number of nitrogens with one attached hydrogen (secondary N) is 1. The van der Waals surface area contributed by atoms with Crippen molar-refractivity contribution in [2.24, 2.45) is 0 Å². The molecule has 0 radical (unpaired) electrons. The van der Waals surface area contributed by atoms with E-state index < -0.39 is 11.3 Å². The van der Waals surface area contributed by atoms with Crippen LogP contribution >= 0.6 is 11.3 Å². The zero-order valence-electron chi connectivity index (χ0n) is 5.20. The first-order valence-electron chi connectivity index (χ1n) is 2.48. The minimum atomic E-state index is -2.01. The van der Waals surface area contributed by atoms with Crippen LogP contribution in [0.1, 0.15) is 5.69 Å². The van der Waals surface area contributed by atoms with Gasteiger partial charge in [0.25, 0.3) is 11.3 Å². The molecule has 0 amide bonds. The second-order valence-electron chi connectivity index (χ2n) is 1.65. The van der Waals surface area contributed by atoms with Gasteiger partial charge in [-0.15, -0.1) is 11.3 Å². The van der Waals surface area contributed by atoms with E-state index in [0.717, 1.165) is 5.69 Å². The molecule has 2 N–H and O–H groups in total. The summed E-state index contributed by atoms with van der Waals surface area (Å²) in [5, 5.41) is 2.27. The van der Waals surface area contributed by atoms with Crippen LogP contribution in [-0.2, 0) is 11.3 Å². The average Bonchev–Trinajstić information content (AvgIpc) is 2.13. The molecule has 0 fully saturated rings. The van der Waals surface area contributed by atoms with Gasteiger partial charge in [0.1, 0.15) is 0 Å². The molecule has 0 aromatic carbocycles. The van der Waals surface area contributed by atoms with Gasteiger partial charge < -0.3 is 0 Å². The second-order valence-corrected chi connectivity index (χ2v) is 3.21. The molecule has 0 bridgehead atoms. The van der Waals surface area contributed by atoms with Crippen LogP contribution in [-0.4, -0.2) is 13.7 Å². The van der Waals surface area contributed by atoms with E-state index >= 15 is 0 Å². The minimum Gasteiger partial charge on any atom is -0.289 e. The van der Waals surface area contributed by atoms with Crippen molar-refractivity contribution in [2.45, 2.75) is 6.92 Å². The first kappa shape index (κ1) is 7.64. The highest BCUT2D eigenvalue weighted by atomic mass is 32.2. The predicted molar refractivity (Wildman–Crippen MR) is 41.2 cm³/mol. The monoisotopic (exact) mass is 178 g/mol. The van der Waals surface area contributed by atoms with Crippen molar-refractivity contribution >= 4 is 27.7 Å². The van der Waals surface area contributed by atoms with Gasteiger partial charge in [-0.05, 0) is 6.92 Å². The third kappa shape index (κ3) is 2.05. The predicted octanol–water partition coefficient (Wildman–Crippen LogP) is 1.00. The highest BCUT2D eigenvalue weighted by Gasteiger charge is 1.98. The summed E-state index contributed by atoms with van der Waals surface area (Å²) in [7, 11) is 0. The van der Waals surface area contributed by atoms with Gasteiger partial charge >= 0.3 is 0 Å². The van der Waals surface area contributed by atoms with Crippen LogP contribution in [0, 0.1) is 6.92 Å². The van der Waals surface area contributed by atoms with E-state index in [-0.39, 0.29) is 0 Å². The van der Waals surface area contributed by atoms with Crippen LogP contribution in [0.25, 0.3) is 0 Å². The Morgan fingerprint density at radius 3 is 3.00 bits per heavy atom. The van der Waals surface area contributed by atoms with E-state index in [2.05, 4.69) is 9.71 Å². The number of hydrogen-bond acceptors (Lipinski definition) is 3. The number of aromatic nitrogens is 1. The number of rotatable bonds is 2. The highest BCUT2D eigenvalue weighted by molar-refractivity contribution is 7.80. The molecule has 10 heavy (non-hydrogen) atoms. The van der Waals surface area contributed by atoms with Gasteiger partial charge in [0, 0.05) is 5.38 Å². The smallest absolute Gasteiger partial charge is 0.260 e. The quantitative estimate of drug-likeness (QED) is 0.664. The molecule has 0 spiro atoms. The van der Waals surface area contributed by atoms with Gasteiger partial charge in [0.2, 0.25) is 0 Å². The number of nitrogens with zero attached hydrogens (tertiary/aromatic N) is 1. The molecule has 0 aliphatic heterocycles. The lowest BCUT2D eigenvalue weighted by Gasteiger charge is -1.90. The molecule has 1 atom stereocenters. The summed E-state index contributed by atoms with van der Waals surface area (Å²) in [6.07, 6.45) is 0. The number of hydrogen-bond donors (Lipinski definition) is 2. The third-order valence-electron chi connectivity index (χ3n) is 0.794. The molecule has 0 aliphatic carbocycles. The van der Waals surface area contributed by atoms with Crippen molar-refractivity contribution in [3.8, 4) is 0 Å². The standard InChI is InChI=1S/C4H6N2O2S2/c1-3-2-9-4(5-3)6-10(7)8/h2H,1H3,(H,5,6)(H,7,8). The lowest BCUT2D eigenvalue weighted by Crippen LogP contribution is -2.00. The molecule has 1 rings (SSSR count). The topological polar surface area (TPSA) is 62.2 Å². The molecule has 56 valence electrons. The second kappa shape index (κ2) is 3.09. The van der Waals surface area contributed by atoms with Crippen molar-refractivity contribution in [1.82, 2.24) is 4.98 Å². The molecule has 0 saturated carbocycles. The molecule has 1 heterocycles. The van der Waals surface area contributed by atoms with Crippen LogP contribution in [0.2, 0.25) is 0 Å². The van der Waals surface area contributed by atoms with Crippen molar-refractivity contribution in [2.75, 3.05) is 4.72 Å². The largest absolute Gasteiger partial charge is 0.289 e. The van der Waals surface area contributed by atoms with E-state index in [1.807, 2.05) is 6.92 Å². The van der Waals surface area contributed by atoms with Gasteiger partial charge in [0.05, 0.1) is 5.69 Å². The molecule has 6 heteroatoms. The summed E-state index contributed by atoms with van der Waals surface area (Å²) in [5.74, 6) is 0. The van der Waals surface area contributed by atoms with E-state index in [0.29, 0.717) is 5.13 Å². The van der Waals surface area contributed by atoms with Crippen molar-refractivity contribution < 1.29 is 8.76 Å². The average molecular weight is 178 g/mol. The molecule has 4 nitrogen and oxygen atoms in total. The van der Waals surface area contributed by atoms with Crippen molar-refractivity contribution in [1.29, 1.82) is 0 Å². The number of anilines is 1. The maximum absolute atomic E-state index is 10.1. The summed E-state index contributed by atoms with van der Waals surface area (Å²) in [5.41, 5.74) is 0.845. The van der Waals surface area contributed by atoms with Gasteiger partial charge in [-0.3, -0.25) is 9.27 Å². The Kier molecular flexibility index (Phi) is 2.36. The molecular formula is C4H6N2O2S2. The maximum Gasteiger partial charge on any atom is 0.260 e. The van der Waals surface area contributed by atoms with Crippen molar-refractivity contribution in [3.05, 3.63) is 11.1 Å². The number of aryl methyl sites for hydroxylation is 1. The SMILES string of the molecule is Cc1csc(NS(=O)O)n1. The summed E-state index contributed by atoms with van der Waals surface area (Å²) >= 11 is -0.703. The van der Waals surface area contributed by atoms with Crippen LogP contribution in [0.4, 0.5) is 5.13 Å². The first-order valence-corrected chi connectivity index (χ1v) is 4.47. The third-order valence-corrected chi connectivity index (χ3v) is 2.17. The summed E-state index contributed by atoms with van der Waals surface area (Å²) in [6, 6.07) is 0. The lowest BCUT2D eigenvalue weighted by molar-refractivity contribution is 0.570. The van der Waals surface area contributed by atoms with Crippen LogP contribution in [0.3, 0.4) is 0 Å². The fourth-order valence-corrected chi connectivity index (χ4v) is 1.61. The Morgan fingerprint density at radius 2 is 2.60 bits per heavy atom. The Bertz CT molecular complexity index is 247. The van der Waals surface area contributed by atoms with Gasteiger partial charge in [-0.1, -0.05) is 0 Å². The van der Waals surface area contributed by atoms with Crippen molar-refractivity contribution in [3.63, 3.8) is 0 Å².